The Morgan fingerprint density at radius 3 is 2.38 bits per heavy atom. The van der Waals surface area contributed by atoms with Gasteiger partial charge in [-0.05, 0) is 6.42 Å². The van der Waals surface area contributed by atoms with E-state index in [2.05, 4.69) is 6.92 Å². The van der Waals surface area contributed by atoms with Crippen molar-refractivity contribution >= 4 is 0 Å². The van der Waals surface area contributed by atoms with Gasteiger partial charge in [-0.25, -0.2) is 0 Å². The SMILES string of the molecule is CCCCCCCCCc1cccc[n+]1[O-]. The van der Waals surface area contributed by atoms with E-state index in [0.717, 1.165) is 23.3 Å². The van der Waals surface area contributed by atoms with Gasteiger partial charge in [0.2, 0.25) is 0 Å². The van der Waals surface area contributed by atoms with Crippen LogP contribution in [0.4, 0.5) is 0 Å². The standard InChI is InChI=1S/C14H23NO/c1-2-3-4-5-6-7-8-11-14-12-9-10-13-15(14)16/h9-10,12-13H,2-8,11H2,1H3. The second kappa shape index (κ2) is 8.14. The number of hydrogen-bond acceptors (Lipinski definition) is 1. The average Bonchev–Trinajstić information content (AvgIpc) is 2.30. The predicted molar refractivity (Wildman–Crippen MR) is 67.1 cm³/mol. The highest BCUT2D eigenvalue weighted by atomic mass is 16.5. The Bertz CT molecular complexity index is 286. The van der Waals surface area contributed by atoms with Crippen LogP contribution in [0.3, 0.4) is 0 Å². The molecule has 1 aromatic heterocycles. The molecule has 0 saturated carbocycles. The summed E-state index contributed by atoms with van der Waals surface area (Å²) in [5.74, 6) is 0. The summed E-state index contributed by atoms with van der Waals surface area (Å²) in [4.78, 5) is 0. The lowest BCUT2D eigenvalue weighted by Crippen LogP contribution is -2.30. The van der Waals surface area contributed by atoms with Crippen molar-refractivity contribution in [2.75, 3.05) is 0 Å². The van der Waals surface area contributed by atoms with Crippen LogP contribution in [-0.2, 0) is 6.42 Å². The predicted octanol–water partition coefficient (Wildman–Crippen LogP) is 3.61. The number of aryl methyl sites for hydroxylation is 1. The Morgan fingerprint density at radius 2 is 1.69 bits per heavy atom. The Balaban J connectivity index is 2.05. The monoisotopic (exact) mass is 221 g/mol. The Labute approximate surface area is 98.9 Å². The molecule has 2 nitrogen and oxygen atoms in total. The normalized spacial score (nSPS) is 10.6. The molecule has 90 valence electrons. The van der Waals surface area contributed by atoms with Crippen LogP contribution in [-0.4, -0.2) is 0 Å². The topological polar surface area (TPSA) is 26.9 Å². The molecule has 0 aromatic carbocycles. The van der Waals surface area contributed by atoms with E-state index in [1.807, 2.05) is 12.1 Å². The van der Waals surface area contributed by atoms with E-state index in [-0.39, 0.29) is 0 Å². The van der Waals surface area contributed by atoms with Gasteiger partial charge in [0.05, 0.1) is 0 Å². The van der Waals surface area contributed by atoms with E-state index >= 15 is 0 Å². The van der Waals surface area contributed by atoms with Gasteiger partial charge in [0.1, 0.15) is 0 Å². The molecule has 0 aliphatic carbocycles. The van der Waals surface area contributed by atoms with Crippen molar-refractivity contribution in [1.82, 2.24) is 0 Å². The zero-order valence-electron chi connectivity index (χ0n) is 10.3. The van der Waals surface area contributed by atoms with E-state index in [9.17, 15) is 5.21 Å². The third-order valence-electron chi connectivity index (χ3n) is 2.94. The van der Waals surface area contributed by atoms with Crippen molar-refractivity contribution in [3.63, 3.8) is 0 Å². The zero-order chi connectivity index (χ0) is 11.6. The molecule has 0 bridgehead atoms. The van der Waals surface area contributed by atoms with E-state index in [1.54, 1.807) is 12.3 Å². The fourth-order valence-electron chi connectivity index (χ4n) is 1.92. The number of pyridine rings is 1. The van der Waals surface area contributed by atoms with Gasteiger partial charge in [-0.15, -0.1) is 0 Å². The minimum absolute atomic E-state index is 0.899. The highest BCUT2D eigenvalue weighted by Gasteiger charge is 2.02. The summed E-state index contributed by atoms with van der Waals surface area (Å²) < 4.78 is 0.983. The summed E-state index contributed by atoms with van der Waals surface area (Å²) in [5.41, 5.74) is 0.899. The molecule has 0 spiro atoms. The summed E-state index contributed by atoms with van der Waals surface area (Å²) >= 11 is 0. The van der Waals surface area contributed by atoms with Gasteiger partial charge in [-0.3, -0.25) is 0 Å². The van der Waals surface area contributed by atoms with Crippen LogP contribution in [0.2, 0.25) is 0 Å². The van der Waals surface area contributed by atoms with E-state index in [0.29, 0.717) is 0 Å². The van der Waals surface area contributed by atoms with Gasteiger partial charge in [-0.1, -0.05) is 51.5 Å². The lowest BCUT2D eigenvalue weighted by atomic mass is 10.1. The third-order valence-corrected chi connectivity index (χ3v) is 2.94. The first-order chi connectivity index (χ1) is 7.84. The van der Waals surface area contributed by atoms with Gasteiger partial charge in [0, 0.05) is 18.6 Å². The van der Waals surface area contributed by atoms with Crippen molar-refractivity contribution in [2.45, 2.75) is 58.3 Å². The highest BCUT2D eigenvalue weighted by Crippen LogP contribution is 2.08. The number of aromatic nitrogens is 1. The molecule has 1 rings (SSSR count). The maximum absolute atomic E-state index is 11.3. The molecular formula is C14H23NO. The molecule has 0 amide bonds. The molecule has 1 aromatic rings. The zero-order valence-corrected chi connectivity index (χ0v) is 10.3. The number of hydrogen-bond donors (Lipinski definition) is 0. The van der Waals surface area contributed by atoms with Crippen LogP contribution in [0.5, 0.6) is 0 Å². The first-order valence-electron chi connectivity index (χ1n) is 6.51. The van der Waals surface area contributed by atoms with Crippen LogP contribution in [0.25, 0.3) is 0 Å². The first-order valence-corrected chi connectivity index (χ1v) is 6.51. The van der Waals surface area contributed by atoms with Crippen molar-refractivity contribution < 1.29 is 4.73 Å². The van der Waals surface area contributed by atoms with Crippen LogP contribution >= 0.6 is 0 Å². The van der Waals surface area contributed by atoms with Crippen molar-refractivity contribution in [3.8, 4) is 0 Å². The maximum atomic E-state index is 11.3. The Kier molecular flexibility index (Phi) is 6.62. The minimum atomic E-state index is 0.899. The number of rotatable bonds is 8. The smallest absolute Gasteiger partial charge is 0.192 e. The lowest BCUT2D eigenvalue weighted by Gasteiger charge is -2.03. The van der Waals surface area contributed by atoms with E-state index in [4.69, 9.17) is 0 Å². The fourth-order valence-corrected chi connectivity index (χ4v) is 1.92. The van der Waals surface area contributed by atoms with Crippen LogP contribution in [0.1, 0.15) is 57.6 Å². The average molecular weight is 221 g/mol. The molecule has 0 unspecified atom stereocenters. The van der Waals surface area contributed by atoms with Gasteiger partial charge in [0.15, 0.2) is 11.9 Å². The summed E-state index contributed by atoms with van der Waals surface area (Å²) in [6, 6.07) is 5.64. The molecular weight excluding hydrogens is 198 g/mol. The number of unbranched alkanes of at least 4 members (excludes halogenated alkanes) is 6. The number of nitrogens with zero attached hydrogens (tertiary/aromatic N) is 1. The van der Waals surface area contributed by atoms with Gasteiger partial charge < -0.3 is 5.21 Å². The quantitative estimate of drug-likeness (QED) is 0.374. The molecule has 0 radical (unpaired) electrons. The largest absolute Gasteiger partial charge is 0.619 e. The van der Waals surface area contributed by atoms with Crippen LogP contribution in [0.15, 0.2) is 24.4 Å². The molecule has 0 saturated heterocycles. The van der Waals surface area contributed by atoms with E-state index in [1.165, 1.54) is 38.5 Å². The fraction of sp³-hybridized carbons (Fsp3) is 0.643. The van der Waals surface area contributed by atoms with Crippen LogP contribution in [0, 0.1) is 5.21 Å². The molecule has 0 fully saturated rings. The minimum Gasteiger partial charge on any atom is -0.619 e. The molecule has 0 atom stereocenters. The molecule has 2 heteroatoms. The first kappa shape index (κ1) is 13.0. The van der Waals surface area contributed by atoms with Gasteiger partial charge >= 0.3 is 0 Å². The maximum Gasteiger partial charge on any atom is 0.192 e. The second-order valence-electron chi connectivity index (χ2n) is 4.39. The molecule has 1 heterocycles. The van der Waals surface area contributed by atoms with E-state index < -0.39 is 0 Å². The lowest BCUT2D eigenvalue weighted by molar-refractivity contribution is -0.614. The summed E-state index contributed by atoms with van der Waals surface area (Å²) in [5, 5.41) is 11.3. The molecule has 0 aliphatic heterocycles. The van der Waals surface area contributed by atoms with Crippen molar-refractivity contribution in [1.29, 1.82) is 0 Å². The second-order valence-corrected chi connectivity index (χ2v) is 4.39. The Hall–Kier alpha value is -1.05. The highest BCUT2D eigenvalue weighted by molar-refractivity contribution is 4.97. The van der Waals surface area contributed by atoms with Gasteiger partial charge in [0.25, 0.3) is 0 Å². The van der Waals surface area contributed by atoms with Crippen molar-refractivity contribution in [2.24, 2.45) is 0 Å². The van der Waals surface area contributed by atoms with Crippen LogP contribution < -0.4 is 4.73 Å². The van der Waals surface area contributed by atoms with Gasteiger partial charge in [-0.2, -0.15) is 4.73 Å². The molecule has 0 aliphatic rings. The Morgan fingerprint density at radius 1 is 1.00 bits per heavy atom. The van der Waals surface area contributed by atoms with Crippen molar-refractivity contribution in [3.05, 3.63) is 35.3 Å². The summed E-state index contributed by atoms with van der Waals surface area (Å²) in [6.07, 6.45) is 11.6. The molecule has 16 heavy (non-hydrogen) atoms. The summed E-state index contributed by atoms with van der Waals surface area (Å²) in [7, 11) is 0. The molecule has 0 N–H and O–H groups in total. The summed E-state index contributed by atoms with van der Waals surface area (Å²) in [6.45, 7) is 2.24. The third kappa shape index (κ3) is 5.15.